The predicted octanol–water partition coefficient (Wildman–Crippen LogP) is 3.33. The number of aromatic nitrogens is 1. The summed E-state index contributed by atoms with van der Waals surface area (Å²) in [5, 5.41) is 3.87. The summed E-state index contributed by atoms with van der Waals surface area (Å²) >= 11 is 0. The van der Waals surface area contributed by atoms with Crippen LogP contribution in [0, 0.1) is 5.92 Å². The molecule has 0 radical (unpaired) electrons. The van der Waals surface area contributed by atoms with Crippen molar-refractivity contribution in [2.24, 2.45) is 5.92 Å². The van der Waals surface area contributed by atoms with E-state index in [2.05, 4.69) is 19.0 Å². The van der Waals surface area contributed by atoms with E-state index in [1.54, 1.807) is 0 Å². The maximum absolute atomic E-state index is 11.7. The molecule has 0 aliphatic heterocycles. The average Bonchev–Trinajstić information content (AvgIpc) is 2.81. The predicted molar refractivity (Wildman–Crippen MR) is 71.8 cm³/mol. The Morgan fingerprint density at radius 3 is 2.58 bits per heavy atom. The lowest BCUT2D eigenvalue weighted by molar-refractivity contribution is 0.0588. The Labute approximate surface area is 112 Å². The molecule has 1 aromatic heterocycles. The molecule has 1 aromatic carbocycles. The van der Waals surface area contributed by atoms with Gasteiger partial charge in [-0.3, -0.25) is 0 Å². The Balaban J connectivity index is 2.50. The second-order valence-electron chi connectivity index (χ2n) is 4.79. The van der Waals surface area contributed by atoms with Gasteiger partial charge < -0.3 is 9.26 Å². The van der Waals surface area contributed by atoms with Crippen molar-refractivity contribution in [1.82, 2.24) is 5.16 Å². The van der Waals surface area contributed by atoms with Crippen molar-refractivity contribution in [3.8, 4) is 11.3 Å². The summed E-state index contributed by atoms with van der Waals surface area (Å²) in [6.07, 6.45) is 0.720. The summed E-state index contributed by atoms with van der Waals surface area (Å²) in [4.78, 5) is 11.7. The second kappa shape index (κ2) is 5.69. The maximum Gasteiger partial charge on any atom is 0.360 e. The van der Waals surface area contributed by atoms with Gasteiger partial charge in [-0.25, -0.2) is 4.79 Å². The highest BCUT2D eigenvalue weighted by atomic mass is 16.5. The smallest absolute Gasteiger partial charge is 0.360 e. The fourth-order valence-electron chi connectivity index (χ4n) is 1.98. The Kier molecular flexibility index (Phi) is 4.00. The van der Waals surface area contributed by atoms with Gasteiger partial charge in [0.05, 0.1) is 7.11 Å². The monoisotopic (exact) mass is 259 g/mol. The minimum atomic E-state index is -0.457. The lowest BCUT2D eigenvalue weighted by atomic mass is 9.98. The molecule has 0 N–H and O–H groups in total. The minimum absolute atomic E-state index is 0.273. The summed E-state index contributed by atoms with van der Waals surface area (Å²) in [6, 6.07) is 9.66. The molecule has 4 heteroatoms. The summed E-state index contributed by atoms with van der Waals surface area (Å²) < 4.78 is 10.1. The number of carbonyl (C=O) groups excluding carboxylic acids is 1. The largest absolute Gasteiger partial charge is 0.464 e. The molecule has 1 heterocycles. The number of rotatable bonds is 4. The van der Waals surface area contributed by atoms with Crippen LogP contribution in [-0.4, -0.2) is 18.2 Å². The van der Waals surface area contributed by atoms with Gasteiger partial charge in [0.2, 0.25) is 0 Å². The van der Waals surface area contributed by atoms with Crippen molar-refractivity contribution in [3.05, 3.63) is 41.6 Å². The van der Waals surface area contributed by atoms with Gasteiger partial charge in [0, 0.05) is 11.1 Å². The summed E-state index contributed by atoms with van der Waals surface area (Å²) in [5.74, 6) is 0.585. The first-order chi connectivity index (χ1) is 9.13. The molecule has 0 aliphatic rings. The Bertz CT molecular complexity index is 558. The molecule has 0 bridgehead atoms. The lowest BCUT2D eigenvalue weighted by Crippen LogP contribution is -2.07. The fourth-order valence-corrected chi connectivity index (χ4v) is 1.98. The third kappa shape index (κ3) is 2.84. The van der Waals surface area contributed by atoms with E-state index in [4.69, 9.17) is 9.26 Å². The zero-order valence-corrected chi connectivity index (χ0v) is 11.3. The number of hydrogen-bond acceptors (Lipinski definition) is 4. The standard InChI is InChI=1S/C15H17NO3/c1-10(2)9-12-13(15(17)18-3)16-19-14(12)11-7-5-4-6-8-11/h4-8,10H,9H2,1-3H3. The molecular formula is C15H17NO3. The first-order valence-electron chi connectivity index (χ1n) is 6.25. The van der Waals surface area contributed by atoms with Crippen LogP contribution in [-0.2, 0) is 11.2 Å². The van der Waals surface area contributed by atoms with E-state index < -0.39 is 5.97 Å². The summed E-state index contributed by atoms with van der Waals surface area (Å²) in [5.41, 5.74) is 2.00. The fraction of sp³-hybridized carbons (Fsp3) is 0.333. The van der Waals surface area contributed by atoms with Crippen LogP contribution in [0.3, 0.4) is 0 Å². The molecule has 0 saturated heterocycles. The van der Waals surface area contributed by atoms with Crippen molar-refractivity contribution in [2.45, 2.75) is 20.3 Å². The van der Waals surface area contributed by atoms with Crippen molar-refractivity contribution in [3.63, 3.8) is 0 Å². The van der Waals surface area contributed by atoms with Crippen LogP contribution < -0.4 is 0 Å². The first-order valence-corrected chi connectivity index (χ1v) is 6.25. The topological polar surface area (TPSA) is 52.3 Å². The molecule has 0 unspecified atom stereocenters. The van der Waals surface area contributed by atoms with Gasteiger partial charge in [-0.15, -0.1) is 0 Å². The molecule has 0 saturated carbocycles. The van der Waals surface area contributed by atoms with Gasteiger partial charge in [-0.2, -0.15) is 0 Å². The average molecular weight is 259 g/mol. The molecule has 0 aliphatic carbocycles. The highest BCUT2D eigenvalue weighted by molar-refractivity contribution is 5.90. The molecule has 4 nitrogen and oxygen atoms in total. The molecule has 100 valence electrons. The SMILES string of the molecule is COC(=O)c1noc(-c2ccccc2)c1CC(C)C. The third-order valence-electron chi connectivity index (χ3n) is 2.82. The van der Waals surface area contributed by atoms with Gasteiger partial charge in [0.15, 0.2) is 11.5 Å². The van der Waals surface area contributed by atoms with Crippen LogP contribution in [0.25, 0.3) is 11.3 Å². The van der Waals surface area contributed by atoms with E-state index in [1.165, 1.54) is 7.11 Å². The van der Waals surface area contributed by atoms with Gasteiger partial charge in [0.1, 0.15) is 0 Å². The van der Waals surface area contributed by atoms with Crippen LogP contribution in [0.1, 0.15) is 29.9 Å². The van der Waals surface area contributed by atoms with Gasteiger partial charge >= 0.3 is 5.97 Å². The van der Waals surface area contributed by atoms with Crippen LogP contribution in [0.2, 0.25) is 0 Å². The molecule has 2 aromatic rings. The number of ether oxygens (including phenoxy) is 1. The van der Waals surface area contributed by atoms with Gasteiger partial charge in [-0.1, -0.05) is 49.3 Å². The molecule has 0 atom stereocenters. The Hall–Kier alpha value is -2.10. The second-order valence-corrected chi connectivity index (χ2v) is 4.79. The zero-order valence-electron chi connectivity index (χ0n) is 11.3. The number of hydrogen-bond donors (Lipinski definition) is 0. The van der Waals surface area contributed by atoms with Gasteiger partial charge in [0.25, 0.3) is 0 Å². The summed E-state index contributed by atoms with van der Waals surface area (Å²) in [6.45, 7) is 4.17. The number of benzene rings is 1. The van der Waals surface area contributed by atoms with Gasteiger partial charge in [-0.05, 0) is 12.3 Å². The lowest BCUT2D eigenvalue weighted by Gasteiger charge is -2.06. The quantitative estimate of drug-likeness (QED) is 0.790. The van der Waals surface area contributed by atoms with E-state index in [-0.39, 0.29) is 5.69 Å². The number of carbonyl (C=O) groups is 1. The van der Waals surface area contributed by atoms with Crippen molar-refractivity contribution >= 4 is 5.97 Å². The normalized spacial score (nSPS) is 10.7. The zero-order chi connectivity index (χ0) is 13.8. The molecular weight excluding hydrogens is 242 g/mol. The third-order valence-corrected chi connectivity index (χ3v) is 2.82. The van der Waals surface area contributed by atoms with E-state index in [9.17, 15) is 4.79 Å². The summed E-state index contributed by atoms with van der Waals surface area (Å²) in [7, 11) is 1.35. The Morgan fingerprint density at radius 1 is 1.32 bits per heavy atom. The number of esters is 1. The first kappa shape index (κ1) is 13.3. The molecule has 19 heavy (non-hydrogen) atoms. The number of nitrogens with zero attached hydrogens (tertiary/aromatic N) is 1. The molecule has 2 rings (SSSR count). The van der Waals surface area contributed by atoms with E-state index >= 15 is 0 Å². The van der Waals surface area contributed by atoms with Crippen LogP contribution in [0.4, 0.5) is 0 Å². The van der Waals surface area contributed by atoms with Crippen LogP contribution in [0.15, 0.2) is 34.9 Å². The highest BCUT2D eigenvalue weighted by Gasteiger charge is 2.23. The Morgan fingerprint density at radius 2 is 2.00 bits per heavy atom. The van der Waals surface area contributed by atoms with Crippen molar-refractivity contribution in [2.75, 3.05) is 7.11 Å². The van der Waals surface area contributed by atoms with E-state index in [0.29, 0.717) is 11.7 Å². The number of methoxy groups -OCH3 is 1. The molecule has 0 amide bonds. The maximum atomic E-state index is 11.7. The minimum Gasteiger partial charge on any atom is -0.464 e. The van der Waals surface area contributed by atoms with E-state index in [1.807, 2.05) is 30.3 Å². The highest BCUT2D eigenvalue weighted by Crippen LogP contribution is 2.28. The van der Waals surface area contributed by atoms with Crippen molar-refractivity contribution in [1.29, 1.82) is 0 Å². The van der Waals surface area contributed by atoms with Crippen LogP contribution in [0.5, 0.6) is 0 Å². The molecule has 0 spiro atoms. The molecule has 0 fully saturated rings. The van der Waals surface area contributed by atoms with Crippen molar-refractivity contribution < 1.29 is 14.1 Å². The van der Waals surface area contributed by atoms with E-state index in [0.717, 1.165) is 17.5 Å². The van der Waals surface area contributed by atoms with Crippen LogP contribution >= 0.6 is 0 Å².